The van der Waals surface area contributed by atoms with Crippen molar-refractivity contribution in [2.45, 2.75) is 45.1 Å². The molecule has 1 heterocycles. The number of amides is 2. The van der Waals surface area contributed by atoms with Crippen molar-refractivity contribution in [1.82, 2.24) is 10.3 Å². The zero-order valence-electron chi connectivity index (χ0n) is 13.3. The lowest BCUT2D eigenvalue weighted by atomic mass is 9.78. The molecule has 3 atom stereocenters. The summed E-state index contributed by atoms with van der Waals surface area (Å²) in [4.78, 5) is 28.1. The molecular formula is C17H22N4O2. The summed E-state index contributed by atoms with van der Waals surface area (Å²) in [5.41, 5.74) is 7.22. The summed E-state index contributed by atoms with van der Waals surface area (Å²) < 4.78 is 0. The van der Waals surface area contributed by atoms with Gasteiger partial charge in [-0.1, -0.05) is 12.8 Å². The van der Waals surface area contributed by atoms with Crippen LogP contribution in [0.25, 0.3) is 0 Å². The molecule has 6 heteroatoms. The predicted molar refractivity (Wildman–Crippen MR) is 84.9 cm³/mol. The minimum atomic E-state index is -0.625. The molecule has 122 valence electrons. The van der Waals surface area contributed by atoms with E-state index in [1.165, 1.54) is 0 Å². The number of nitrogens with zero attached hydrogens (tertiary/aromatic N) is 2. The van der Waals surface area contributed by atoms with Crippen LogP contribution in [0.5, 0.6) is 0 Å². The van der Waals surface area contributed by atoms with Gasteiger partial charge in [-0.3, -0.25) is 14.6 Å². The quantitative estimate of drug-likeness (QED) is 0.852. The van der Waals surface area contributed by atoms with Crippen LogP contribution in [0.15, 0.2) is 18.3 Å². The first-order valence-corrected chi connectivity index (χ1v) is 7.92. The Labute approximate surface area is 136 Å². The Kier molecular flexibility index (Phi) is 5.69. The van der Waals surface area contributed by atoms with Crippen LogP contribution in [0.3, 0.4) is 0 Å². The first kappa shape index (κ1) is 16.9. The Bertz CT molecular complexity index is 623. The molecule has 1 aromatic rings. The summed E-state index contributed by atoms with van der Waals surface area (Å²) in [6.07, 6.45) is 5.21. The van der Waals surface area contributed by atoms with Gasteiger partial charge in [0, 0.05) is 30.1 Å². The van der Waals surface area contributed by atoms with Crippen LogP contribution in [0.2, 0.25) is 0 Å². The normalized spacial score (nSPS) is 21.9. The number of nitriles is 1. The second kappa shape index (κ2) is 7.73. The van der Waals surface area contributed by atoms with E-state index in [2.05, 4.69) is 16.4 Å². The van der Waals surface area contributed by atoms with Crippen molar-refractivity contribution in [2.24, 2.45) is 17.6 Å². The summed E-state index contributed by atoms with van der Waals surface area (Å²) in [6, 6.07) is 5.21. The van der Waals surface area contributed by atoms with Crippen molar-refractivity contribution in [2.75, 3.05) is 0 Å². The van der Waals surface area contributed by atoms with Gasteiger partial charge in [0.1, 0.15) is 6.04 Å². The summed E-state index contributed by atoms with van der Waals surface area (Å²) in [5.74, 6) is -1.52. The van der Waals surface area contributed by atoms with Crippen LogP contribution in [0.4, 0.5) is 0 Å². The van der Waals surface area contributed by atoms with Crippen molar-refractivity contribution >= 4 is 11.8 Å². The summed E-state index contributed by atoms with van der Waals surface area (Å²) in [7, 11) is 0. The van der Waals surface area contributed by atoms with Gasteiger partial charge in [-0.05, 0) is 37.5 Å². The zero-order chi connectivity index (χ0) is 16.8. The molecule has 0 aliphatic heterocycles. The molecule has 2 rings (SSSR count). The minimum absolute atomic E-state index is 0.245. The molecular weight excluding hydrogens is 292 g/mol. The van der Waals surface area contributed by atoms with Crippen LogP contribution in [0.1, 0.15) is 36.9 Å². The molecule has 1 aliphatic carbocycles. The molecule has 0 saturated heterocycles. The molecule has 6 nitrogen and oxygen atoms in total. The third-order valence-electron chi connectivity index (χ3n) is 4.34. The van der Waals surface area contributed by atoms with Gasteiger partial charge >= 0.3 is 0 Å². The topological polar surface area (TPSA) is 109 Å². The van der Waals surface area contributed by atoms with Crippen molar-refractivity contribution < 1.29 is 9.59 Å². The molecule has 0 aromatic carbocycles. The maximum Gasteiger partial charge on any atom is 0.224 e. The third-order valence-corrected chi connectivity index (χ3v) is 4.34. The number of carbonyl (C=O) groups excluding carboxylic acids is 2. The van der Waals surface area contributed by atoms with E-state index in [9.17, 15) is 14.9 Å². The van der Waals surface area contributed by atoms with Gasteiger partial charge in [-0.2, -0.15) is 5.26 Å². The monoisotopic (exact) mass is 314 g/mol. The van der Waals surface area contributed by atoms with Crippen molar-refractivity contribution in [3.63, 3.8) is 0 Å². The molecule has 2 amide bonds. The van der Waals surface area contributed by atoms with Crippen LogP contribution in [0, 0.1) is 30.1 Å². The molecule has 0 spiro atoms. The molecule has 1 aliphatic rings. The molecule has 1 saturated carbocycles. The molecule has 1 fully saturated rings. The number of primary amides is 1. The van der Waals surface area contributed by atoms with Crippen molar-refractivity contribution in [3.8, 4) is 6.07 Å². The van der Waals surface area contributed by atoms with E-state index < -0.39 is 23.8 Å². The van der Waals surface area contributed by atoms with Crippen molar-refractivity contribution in [3.05, 3.63) is 29.6 Å². The Balaban J connectivity index is 2.01. The Morgan fingerprint density at radius 1 is 1.43 bits per heavy atom. The Morgan fingerprint density at radius 2 is 2.13 bits per heavy atom. The Morgan fingerprint density at radius 3 is 2.74 bits per heavy atom. The average molecular weight is 314 g/mol. The minimum Gasteiger partial charge on any atom is -0.369 e. The molecule has 1 unspecified atom stereocenters. The number of aryl methyl sites for hydroxylation is 1. The smallest absolute Gasteiger partial charge is 0.224 e. The summed E-state index contributed by atoms with van der Waals surface area (Å²) in [6.45, 7) is 1.88. The maximum atomic E-state index is 12.5. The van der Waals surface area contributed by atoms with Crippen molar-refractivity contribution in [1.29, 1.82) is 5.26 Å². The number of rotatable bonds is 5. The lowest BCUT2D eigenvalue weighted by Crippen LogP contribution is -2.45. The van der Waals surface area contributed by atoms with E-state index in [0.717, 1.165) is 24.1 Å². The molecule has 23 heavy (non-hydrogen) atoms. The number of pyridine rings is 1. The van der Waals surface area contributed by atoms with Crippen LogP contribution in [-0.2, 0) is 16.0 Å². The average Bonchev–Trinajstić information content (AvgIpc) is 2.54. The first-order chi connectivity index (χ1) is 11.0. The van der Waals surface area contributed by atoms with E-state index >= 15 is 0 Å². The fraction of sp³-hybridized carbons (Fsp3) is 0.529. The number of nitrogens with two attached hydrogens (primary N) is 1. The fourth-order valence-electron chi connectivity index (χ4n) is 3.16. The second-order valence-electron chi connectivity index (χ2n) is 6.10. The fourth-order valence-corrected chi connectivity index (χ4v) is 3.16. The lowest BCUT2D eigenvalue weighted by molar-refractivity contribution is -0.135. The number of hydrogen-bond donors (Lipinski definition) is 2. The van der Waals surface area contributed by atoms with Crippen LogP contribution in [-0.4, -0.2) is 22.8 Å². The number of nitrogens with one attached hydrogen (secondary N) is 1. The van der Waals surface area contributed by atoms with Crippen LogP contribution >= 0.6 is 0 Å². The van der Waals surface area contributed by atoms with Crippen LogP contribution < -0.4 is 11.1 Å². The van der Waals surface area contributed by atoms with Gasteiger partial charge in [0.2, 0.25) is 11.8 Å². The second-order valence-corrected chi connectivity index (χ2v) is 6.10. The standard InChI is InChI=1S/C17H22N4O2/c1-11-8-12(6-7-20-11)9-13(10-18)21-17(23)15-5-3-2-4-14(15)16(19)22/h6-8,13-15H,2-5,9H2,1H3,(H2,19,22)(H,21,23)/t13?,14-,15+/m0/s1. The van der Waals surface area contributed by atoms with Gasteiger partial charge < -0.3 is 11.1 Å². The summed E-state index contributed by atoms with van der Waals surface area (Å²) >= 11 is 0. The summed E-state index contributed by atoms with van der Waals surface area (Å²) in [5, 5.41) is 12.1. The SMILES string of the molecule is Cc1cc(CC(C#N)NC(=O)[C@@H]2CCCC[C@@H]2C(N)=O)ccn1. The highest BCUT2D eigenvalue weighted by Gasteiger charge is 2.35. The highest BCUT2D eigenvalue weighted by atomic mass is 16.2. The lowest BCUT2D eigenvalue weighted by Gasteiger charge is -2.29. The highest BCUT2D eigenvalue weighted by Crippen LogP contribution is 2.30. The number of carbonyl (C=O) groups is 2. The largest absolute Gasteiger partial charge is 0.369 e. The van der Waals surface area contributed by atoms with E-state index in [4.69, 9.17) is 5.73 Å². The van der Waals surface area contributed by atoms with Gasteiger partial charge in [-0.15, -0.1) is 0 Å². The highest BCUT2D eigenvalue weighted by molar-refractivity contribution is 5.87. The predicted octanol–water partition coefficient (Wildman–Crippen LogP) is 1.23. The van der Waals surface area contributed by atoms with Gasteiger partial charge in [0.05, 0.1) is 6.07 Å². The number of aromatic nitrogens is 1. The number of hydrogen-bond acceptors (Lipinski definition) is 4. The Hall–Kier alpha value is -2.42. The van der Waals surface area contributed by atoms with Gasteiger partial charge in [0.25, 0.3) is 0 Å². The third kappa shape index (κ3) is 4.52. The zero-order valence-corrected chi connectivity index (χ0v) is 13.3. The van der Waals surface area contributed by atoms with Gasteiger partial charge in [0.15, 0.2) is 0 Å². The van der Waals surface area contributed by atoms with Gasteiger partial charge in [-0.25, -0.2) is 0 Å². The molecule has 0 bridgehead atoms. The van der Waals surface area contributed by atoms with E-state index in [0.29, 0.717) is 19.3 Å². The van der Waals surface area contributed by atoms with E-state index in [-0.39, 0.29) is 5.91 Å². The first-order valence-electron chi connectivity index (χ1n) is 7.92. The van der Waals surface area contributed by atoms with E-state index in [1.807, 2.05) is 19.1 Å². The maximum absolute atomic E-state index is 12.5. The molecule has 0 radical (unpaired) electrons. The molecule has 1 aromatic heterocycles. The van der Waals surface area contributed by atoms with E-state index in [1.54, 1.807) is 6.20 Å². The molecule has 3 N–H and O–H groups in total.